The summed E-state index contributed by atoms with van der Waals surface area (Å²) in [5.74, 6) is 1.55. The second kappa shape index (κ2) is 8.23. The van der Waals surface area contributed by atoms with Gasteiger partial charge in [-0.15, -0.1) is 0 Å². The first-order valence-corrected chi connectivity index (χ1v) is 8.16. The lowest BCUT2D eigenvalue weighted by molar-refractivity contribution is 0.102. The third kappa shape index (κ3) is 4.55. The van der Waals surface area contributed by atoms with E-state index in [2.05, 4.69) is 5.32 Å². The number of amides is 1. The van der Waals surface area contributed by atoms with Crippen LogP contribution < -0.4 is 19.5 Å². The van der Waals surface area contributed by atoms with Crippen molar-refractivity contribution in [3.05, 3.63) is 78.1 Å². The fourth-order valence-electron chi connectivity index (χ4n) is 2.42. The third-order valence-corrected chi connectivity index (χ3v) is 3.82. The third-order valence-electron chi connectivity index (χ3n) is 3.82. The standard InChI is InChI=1S/C21H18FNO4/c1-25-18-11-12-20(26-2)19(13-18)23-21(24)14-3-7-16(8-4-14)27-17-9-5-15(22)6-10-17/h3-13H,1-2H3,(H,23,24). The van der Waals surface area contributed by atoms with E-state index in [1.807, 2.05) is 0 Å². The summed E-state index contributed by atoms with van der Waals surface area (Å²) in [6.07, 6.45) is 0. The summed E-state index contributed by atoms with van der Waals surface area (Å²) in [6.45, 7) is 0. The second-order valence-corrected chi connectivity index (χ2v) is 5.60. The van der Waals surface area contributed by atoms with E-state index < -0.39 is 0 Å². The zero-order valence-corrected chi connectivity index (χ0v) is 14.9. The molecule has 3 aromatic rings. The van der Waals surface area contributed by atoms with E-state index in [0.717, 1.165) is 0 Å². The summed E-state index contributed by atoms with van der Waals surface area (Å²) < 4.78 is 29.0. The lowest BCUT2D eigenvalue weighted by Gasteiger charge is -2.12. The molecule has 0 radical (unpaired) electrons. The number of ether oxygens (including phenoxy) is 3. The molecule has 0 atom stereocenters. The van der Waals surface area contributed by atoms with Crippen LogP contribution in [0.2, 0.25) is 0 Å². The monoisotopic (exact) mass is 367 g/mol. The molecule has 0 saturated heterocycles. The first-order valence-electron chi connectivity index (χ1n) is 8.16. The van der Waals surface area contributed by atoms with Crippen LogP contribution in [0.1, 0.15) is 10.4 Å². The summed E-state index contributed by atoms with van der Waals surface area (Å²) in [7, 11) is 3.08. The van der Waals surface area contributed by atoms with Crippen LogP contribution in [0, 0.1) is 5.82 Å². The van der Waals surface area contributed by atoms with E-state index in [-0.39, 0.29) is 11.7 Å². The van der Waals surface area contributed by atoms with Crippen molar-refractivity contribution in [3.63, 3.8) is 0 Å². The van der Waals surface area contributed by atoms with Crippen molar-refractivity contribution >= 4 is 11.6 Å². The molecule has 0 spiro atoms. The number of halogens is 1. The molecule has 0 unspecified atom stereocenters. The average molecular weight is 367 g/mol. The maximum absolute atomic E-state index is 12.9. The van der Waals surface area contributed by atoms with E-state index in [1.54, 1.807) is 49.6 Å². The Labute approximate surface area is 156 Å². The van der Waals surface area contributed by atoms with Crippen LogP contribution in [-0.4, -0.2) is 20.1 Å². The Kier molecular flexibility index (Phi) is 5.56. The quantitative estimate of drug-likeness (QED) is 0.674. The van der Waals surface area contributed by atoms with E-state index in [4.69, 9.17) is 14.2 Å². The van der Waals surface area contributed by atoms with Crippen molar-refractivity contribution in [3.8, 4) is 23.0 Å². The van der Waals surface area contributed by atoms with Crippen LogP contribution in [0.15, 0.2) is 66.7 Å². The van der Waals surface area contributed by atoms with Gasteiger partial charge in [0.2, 0.25) is 0 Å². The highest BCUT2D eigenvalue weighted by molar-refractivity contribution is 6.05. The minimum Gasteiger partial charge on any atom is -0.497 e. The Morgan fingerprint density at radius 2 is 1.41 bits per heavy atom. The lowest BCUT2D eigenvalue weighted by Crippen LogP contribution is -2.12. The van der Waals surface area contributed by atoms with E-state index in [1.165, 1.54) is 31.4 Å². The summed E-state index contributed by atoms with van der Waals surface area (Å²) in [6, 6.07) is 17.5. The van der Waals surface area contributed by atoms with Crippen molar-refractivity contribution < 1.29 is 23.4 Å². The summed E-state index contributed by atoms with van der Waals surface area (Å²) in [4.78, 5) is 12.5. The second-order valence-electron chi connectivity index (χ2n) is 5.60. The van der Waals surface area contributed by atoms with Crippen LogP contribution in [-0.2, 0) is 0 Å². The Hall–Kier alpha value is -3.54. The molecule has 3 rings (SSSR count). The molecule has 1 N–H and O–H groups in total. The van der Waals surface area contributed by atoms with Gasteiger partial charge in [0.25, 0.3) is 5.91 Å². The van der Waals surface area contributed by atoms with Crippen LogP contribution in [0.3, 0.4) is 0 Å². The van der Waals surface area contributed by atoms with Gasteiger partial charge >= 0.3 is 0 Å². The molecule has 0 aliphatic heterocycles. The van der Waals surface area contributed by atoms with Gasteiger partial charge in [-0.2, -0.15) is 0 Å². The normalized spacial score (nSPS) is 10.2. The number of carbonyl (C=O) groups excluding carboxylic acids is 1. The summed E-state index contributed by atoms with van der Waals surface area (Å²) in [5, 5.41) is 2.80. The molecule has 1 amide bonds. The van der Waals surface area contributed by atoms with Gasteiger partial charge in [-0.25, -0.2) is 4.39 Å². The fraction of sp³-hybridized carbons (Fsp3) is 0.0952. The van der Waals surface area contributed by atoms with Crippen molar-refractivity contribution in [2.75, 3.05) is 19.5 Å². The van der Waals surface area contributed by atoms with Crippen molar-refractivity contribution in [2.24, 2.45) is 0 Å². The molecule has 6 heteroatoms. The molecule has 0 fully saturated rings. The number of rotatable bonds is 6. The molecule has 0 aromatic heterocycles. The summed E-state index contributed by atoms with van der Waals surface area (Å²) in [5.41, 5.74) is 0.958. The van der Waals surface area contributed by atoms with E-state index in [9.17, 15) is 9.18 Å². The van der Waals surface area contributed by atoms with Gasteiger partial charge in [0.1, 0.15) is 28.8 Å². The Morgan fingerprint density at radius 3 is 2.00 bits per heavy atom. The average Bonchev–Trinajstić information content (AvgIpc) is 2.70. The highest BCUT2D eigenvalue weighted by Gasteiger charge is 2.11. The molecule has 0 bridgehead atoms. The first-order chi connectivity index (χ1) is 13.1. The molecule has 138 valence electrons. The minimum absolute atomic E-state index is 0.296. The Morgan fingerprint density at radius 1 is 0.815 bits per heavy atom. The number of hydrogen-bond acceptors (Lipinski definition) is 4. The van der Waals surface area contributed by atoms with Gasteiger partial charge in [0.05, 0.1) is 19.9 Å². The number of nitrogens with one attached hydrogen (secondary N) is 1. The number of benzene rings is 3. The highest BCUT2D eigenvalue weighted by atomic mass is 19.1. The molecule has 0 heterocycles. The smallest absolute Gasteiger partial charge is 0.255 e. The molecular weight excluding hydrogens is 349 g/mol. The molecule has 27 heavy (non-hydrogen) atoms. The maximum Gasteiger partial charge on any atom is 0.255 e. The number of methoxy groups -OCH3 is 2. The zero-order chi connectivity index (χ0) is 19.2. The fourth-order valence-corrected chi connectivity index (χ4v) is 2.42. The Bertz CT molecular complexity index is 924. The van der Waals surface area contributed by atoms with Crippen molar-refractivity contribution in [1.82, 2.24) is 0 Å². The maximum atomic E-state index is 12.9. The number of carbonyl (C=O) groups is 1. The Balaban J connectivity index is 1.71. The van der Waals surface area contributed by atoms with Gasteiger partial charge in [0, 0.05) is 11.6 Å². The minimum atomic E-state index is -0.331. The number of hydrogen-bond donors (Lipinski definition) is 1. The largest absolute Gasteiger partial charge is 0.497 e. The van der Waals surface area contributed by atoms with Gasteiger partial charge in [-0.1, -0.05) is 0 Å². The zero-order valence-electron chi connectivity index (χ0n) is 14.9. The van der Waals surface area contributed by atoms with Crippen LogP contribution in [0.4, 0.5) is 10.1 Å². The molecular formula is C21H18FNO4. The van der Waals surface area contributed by atoms with Crippen molar-refractivity contribution in [2.45, 2.75) is 0 Å². The van der Waals surface area contributed by atoms with Crippen molar-refractivity contribution in [1.29, 1.82) is 0 Å². The van der Waals surface area contributed by atoms with Gasteiger partial charge in [0.15, 0.2) is 0 Å². The lowest BCUT2D eigenvalue weighted by atomic mass is 10.2. The van der Waals surface area contributed by atoms with Crippen LogP contribution in [0.5, 0.6) is 23.0 Å². The van der Waals surface area contributed by atoms with Crippen LogP contribution >= 0.6 is 0 Å². The molecule has 5 nitrogen and oxygen atoms in total. The molecule has 3 aromatic carbocycles. The highest BCUT2D eigenvalue weighted by Crippen LogP contribution is 2.29. The molecule has 0 saturated carbocycles. The van der Waals surface area contributed by atoms with E-state index in [0.29, 0.717) is 34.2 Å². The molecule has 0 aliphatic rings. The van der Waals surface area contributed by atoms with Gasteiger partial charge in [-0.05, 0) is 60.7 Å². The summed E-state index contributed by atoms with van der Waals surface area (Å²) >= 11 is 0. The van der Waals surface area contributed by atoms with Crippen LogP contribution in [0.25, 0.3) is 0 Å². The molecule has 0 aliphatic carbocycles. The van der Waals surface area contributed by atoms with Gasteiger partial charge < -0.3 is 19.5 Å². The van der Waals surface area contributed by atoms with Gasteiger partial charge in [-0.3, -0.25) is 4.79 Å². The predicted octanol–water partition coefficient (Wildman–Crippen LogP) is 4.89. The first kappa shape index (κ1) is 18.3. The topological polar surface area (TPSA) is 56.8 Å². The van der Waals surface area contributed by atoms with E-state index >= 15 is 0 Å². The number of anilines is 1. The predicted molar refractivity (Wildman–Crippen MR) is 100 cm³/mol. The SMILES string of the molecule is COc1ccc(OC)c(NC(=O)c2ccc(Oc3ccc(F)cc3)cc2)c1.